The van der Waals surface area contributed by atoms with E-state index in [9.17, 15) is 4.79 Å². The minimum absolute atomic E-state index is 0.141. The van der Waals surface area contributed by atoms with Crippen molar-refractivity contribution in [1.29, 1.82) is 0 Å². The number of carbonyl (C=O) groups excluding carboxylic acids is 1. The largest absolute Gasteiger partial charge is 0.322 e. The van der Waals surface area contributed by atoms with E-state index in [1.54, 1.807) is 23.0 Å². The number of nitrogens with zero attached hydrogens (tertiary/aromatic N) is 4. The Morgan fingerprint density at radius 3 is 2.41 bits per heavy atom. The van der Waals surface area contributed by atoms with Crippen LogP contribution in [-0.2, 0) is 0 Å². The Kier molecular flexibility index (Phi) is 4.16. The van der Waals surface area contributed by atoms with Crippen LogP contribution in [0.5, 0.6) is 0 Å². The number of aryl methyl sites for hydroxylation is 3. The van der Waals surface area contributed by atoms with Gasteiger partial charge in [-0.2, -0.15) is 4.68 Å². The summed E-state index contributed by atoms with van der Waals surface area (Å²) in [5, 5.41) is 11.3. The average molecular weight is 357 g/mol. The molecule has 0 aliphatic heterocycles. The lowest BCUT2D eigenvalue weighted by atomic mass is 10.0. The molecule has 0 aliphatic rings. The van der Waals surface area contributed by atoms with E-state index in [2.05, 4.69) is 32.7 Å². The van der Waals surface area contributed by atoms with Crippen molar-refractivity contribution in [2.24, 2.45) is 0 Å². The van der Waals surface area contributed by atoms with E-state index >= 15 is 0 Å². The van der Waals surface area contributed by atoms with Crippen LogP contribution in [0.2, 0.25) is 0 Å². The van der Waals surface area contributed by atoms with Crippen molar-refractivity contribution in [3.05, 3.63) is 77.0 Å². The molecular formula is C21H19N5O. The number of hydrogen-bond donors (Lipinski definition) is 1. The second-order valence-corrected chi connectivity index (χ2v) is 6.62. The first-order valence-electron chi connectivity index (χ1n) is 8.69. The smallest absolute Gasteiger partial charge is 0.255 e. The predicted molar refractivity (Wildman–Crippen MR) is 105 cm³/mol. The zero-order valence-electron chi connectivity index (χ0n) is 15.4. The van der Waals surface area contributed by atoms with Gasteiger partial charge in [0, 0.05) is 17.4 Å². The molecule has 4 aromatic rings. The fourth-order valence-corrected chi connectivity index (χ4v) is 3.26. The molecule has 0 aliphatic carbocycles. The van der Waals surface area contributed by atoms with Gasteiger partial charge in [0.2, 0.25) is 0 Å². The molecule has 2 aromatic carbocycles. The summed E-state index contributed by atoms with van der Waals surface area (Å²) in [4.78, 5) is 17.0. The maximum atomic E-state index is 12.7. The molecule has 0 atom stereocenters. The van der Waals surface area contributed by atoms with Crippen molar-refractivity contribution in [2.45, 2.75) is 20.8 Å². The van der Waals surface area contributed by atoms with Gasteiger partial charge in [-0.3, -0.25) is 4.79 Å². The highest BCUT2D eigenvalue weighted by Crippen LogP contribution is 2.23. The Morgan fingerprint density at radius 1 is 1.00 bits per heavy atom. The fraction of sp³-hybridized carbons (Fsp3) is 0.143. The lowest BCUT2D eigenvalue weighted by Crippen LogP contribution is -2.14. The van der Waals surface area contributed by atoms with Crippen LogP contribution in [0, 0.1) is 20.8 Å². The standard InChI is InChI=1S/C21H19N5O/c1-13-11-14(2)19(15(3)12-13)23-21(27)16-6-8-17(9-7-16)26-20-18(24-25-26)5-4-10-22-20/h4-12H,1-3H3,(H,23,27). The summed E-state index contributed by atoms with van der Waals surface area (Å²) in [6.45, 7) is 6.05. The minimum Gasteiger partial charge on any atom is -0.322 e. The molecule has 0 saturated carbocycles. The molecule has 2 heterocycles. The second kappa shape index (κ2) is 6.64. The number of rotatable bonds is 3. The van der Waals surface area contributed by atoms with Crippen molar-refractivity contribution >= 4 is 22.8 Å². The second-order valence-electron chi connectivity index (χ2n) is 6.62. The normalized spacial score (nSPS) is 10.9. The molecule has 0 radical (unpaired) electrons. The molecule has 0 fully saturated rings. The highest BCUT2D eigenvalue weighted by atomic mass is 16.1. The Hall–Kier alpha value is -3.54. The molecule has 6 nitrogen and oxygen atoms in total. The van der Waals surface area contributed by atoms with Crippen molar-refractivity contribution < 1.29 is 4.79 Å². The van der Waals surface area contributed by atoms with Gasteiger partial charge < -0.3 is 5.32 Å². The number of aromatic nitrogens is 4. The minimum atomic E-state index is -0.141. The maximum absolute atomic E-state index is 12.7. The first-order valence-corrected chi connectivity index (χ1v) is 8.69. The number of amides is 1. The summed E-state index contributed by atoms with van der Waals surface area (Å²) in [7, 11) is 0. The number of nitrogens with one attached hydrogen (secondary N) is 1. The highest BCUT2D eigenvalue weighted by Gasteiger charge is 2.12. The molecule has 4 rings (SSSR count). The molecular weight excluding hydrogens is 338 g/mol. The van der Waals surface area contributed by atoms with Gasteiger partial charge in [0.05, 0.1) is 5.69 Å². The van der Waals surface area contributed by atoms with Crippen LogP contribution in [0.4, 0.5) is 5.69 Å². The molecule has 1 amide bonds. The van der Waals surface area contributed by atoms with Gasteiger partial charge in [-0.1, -0.05) is 22.9 Å². The maximum Gasteiger partial charge on any atom is 0.255 e. The Labute approximate surface area is 156 Å². The summed E-state index contributed by atoms with van der Waals surface area (Å²) in [5.74, 6) is -0.141. The SMILES string of the molecule is Cc1cc(C)c(NC(=O)c2ccc(-n3nnc4cccnc43)cc2)c(C)c1. The van der Waals surface area contributed by atoms with Crippen LogP contribution in [-0.4, -0.2) is 25.9 Å². The van der Waals surface area contributed by atoms with E-state index in [0.29, 0.717) is 11.2 Å². The van der Waals surface area contributed by atoms with E-state index in [0.717, 1.165) is 28.0 Å². The monoisotopic (exact) mass is 357 g/mol. The molecule has 0 unspecified atom stereocenters. The predicted octanol–water partition coefficient (Wildman–Crippen LogP) is 3.99. The van der Waals surface area contributed by atoms with Crippen molar-refractivity contribution in [2.75, 3.05) is 5.32 Å². The third-order valence-corrected chi connectivity index (χ3v) is 4.50. The molecule has 27 heavy (non-hydrogen) atoms. The fourth-order valence-electron chi connectivity index (χ4n) is 3.26. The van der Waals surface area contributed by atoms with Gasteiger partial charge in [0.15, 0.2) is 5.65 Å². The molecule has 0 spiro atoms. The van der Waals surface area contributed by atoms with Crippen molar-refractivity contribution in [1.82, 2.24) is 20.0 Å². The Bertz CT molecular complexity index is 1120. The number of benzene rings is 2. The van der Waals surface area contributed by atoms with Gasteiger partial charge in [0.25, 0.3) is 5.91 Å². The van der Waals surface area contributed by atoms with Crippen LogP contribution in [0.15, 0.2) is 54.7 Å². The average Bonchev–Trinajstić information content (AvgIpc) is 3.09. The van der Waals surface area contributed by atoms with Crippen LogP contribution in [0.1, 0.15) is 27.0 Å². The lowest BCUT2D eigenvalue weighted by molar-refractivity contribution is 0.102. The number of hydrogen-bond acceptors (Lipinski definition) is 4. The highest BCUT2D eigenvalue weighted by molar-refractivity contribution is 6.05. The van der Waals surface area contributed by atoms with E-state index in [1.165, 1.54) is 5.56 Å². The number of pyridine rings is 1. The summed E-state index contributed by atoms with van der Waals surface area (Å²) >= 11 is 0. The van der Waals surface area contributed by atoms with E-state index in [1.807, 2.05) is 45.0 Å². The number of fused-ring (bicyclic) bond motifs is 1. The zero-order chi connectivity index (χ0) is 19.0. The number of anilines is 1. The lowest BCUT2D eigenvalue weighted by Gasteiger charge is -2.13. The molecule has 0 saturated heterocycles. The van der Waals surface area contributed by atoms with E-state index in [4.69, 9.17) is 0 Å². The van der Waals surface area contributed by atoms with Gasteiger partial charge >= 0.3 is 0 Å². The number of carbonyl (C=O) groups is 1. The quantitative estimate of drug-likeness (QED) is 0.602. The summed E-state index contributed by atoms with van der Waals surface area (Å²) in [6, 6.07) is 15.0. The van der Waals surface area contributed by atoms with Gasteiger partial charge in [-0.25, -0.2) is 4.98 Å². The van der Waals surface area contributed by atoms with Crippen LogP contribution < -0.4 is 5.32 Å². The summed E-state index contributed by atoms with van der Waals surface area (Å²) in [6.07, 6.45) is 1.70. The first kappa shape index (κ1) is 16.9. The molecule has 2 aromatic heterocycles. The molecule has 134 valence electrons. The first-order chi connectivity index (χ1) is 13.0. The third-order valence-electron chi connectivity index (χ3n) is 4.50. The van der Waals surface area contributed by atoms with Crippen LogP contribution >= 0.6 is 0 Å². The molecule has 1 N–H and O–H groups in total. The van der Waals surface area contributed by atoms with E-state index in [-0.39, 0.29) is 5.91 Å². The summed E-state index contributed by atoms with van der Waals surface area (Å²) in [5.41, 5.74) is 6.94. The topological polar surface area (TPSA) is 72.7 Å². The van der Waals surface area contributed by atoms with Gasteiger partial charge in [-0.15, -0.1) is 5.10 Å². The zero-order valence-corrected chi connectivity index (χ0v) is 15.4. The van der Waals surface area contributed by atoms with Crippen LogP contribution in [0.25, 0.3) is 16.9 Å². The summed E-state index contributed by atoms with van der Waals surface area (Å²) < 4.78 is 1.66. The van der Waals surface area contributed by atoms with Gasteiger partial charge in [-0.05, 0) is 68.3 Å². The third kappa shape index (κ3) is 3.17. The van der Waals surface area contributed by atoms with E-state index < -0.39 is 0 Å². The van der Waals surface area contributed by atoms with Crippen LogP contribution in [0.3, 0.4) is 0 Å². The Morgan fingerprint density at radius 2 is 1.70 bits per heavy atom. The molecule has 0 bridgehead atoms. The van der Waals surface area contributed by atoms with Crippen molar-refractivity contribution in [3.8, 4) is 5.69 Å². The van der Waals surface area contributed by atoms with Gasteiger partial charge in [0.1, 0.15) is 5.52 Å². The molecule has 6 heteroatoms. The van der Waals surface area contributed by atoms with Crippen molar-refractivity contribution in [3.63, 3.8) is 0 Å². The Balaban J connectivity index is 1.60.